The van der Waals surface area contributed by atoms with Crippen LogP contribution in [-0.4, -0.2) is 18.4 Å². The number of benzene rings is 1. The van der Waals surface area contributed by atoms with Crippen molar-refractivity contribution in [3.05, 3.63) is 29.3 Å². The number of carbonyl (C=O) groups is 2. The van der Waals surface area contributed by atoms with Crippen LogP contribution in [0, 0.1) is 19.8 Å². The molecule has 5 heteroatoms. The van der Waals surface area contributed by atoms with Crippen molar-refractivity contribution in [2.45, 2.75) is 39.5 Å². The molecule has 0 atom stereocenters. The van der Waals surface area contributed by atoms with Crippen molar-refractivity contribution in [1.82, 2.24) is 10.9 Å². The van der Waals surface area contributed by atoms with Crippen molar-refractivity contribution in [1.29, 1.82) is 0 Å². The molecule has 1 saturated carbocycles. The van der Waals surface area contributed by atoms with Crippen molar-refractivity contribution >= 4 is 11.8 Å². The van der Waals surface area contributed by atoms with Gasteiger partial charge in [0, 0.05) is 5.92 Å². The number of amides is 2. The molecule has 0 aliphatic heterocycles. The van der Waals surface area contributed by atoms with E-state index in [1.807, 2.05) is 32.0 Å². The largest absolute Gasteiger partial charge is 0.484 e. The predicted molar refractivity (Wildman–Crippen MR) is 79.7 cm³/mol. The van der Waals surface area contributed by atoms with Crippen LogP contribution in [0.5, 0.6) is 5.75 Å². The van der Waals surface area contributed by atoms with E-state index in [1.165, 1.54) is 0 Å². The molecular formula is C16H22N2O3. The monoisotopic (exact) mass is 290 g/mol. The third-order valence-corrected chi connectivity index (χ3v) is 3.62. The van der Waals surface area contributed by atoms with Crippen LogP contribution in [0.25, 0.3) is 0 Å². The summed E-state index contributed by atoms with van der Waals surface area (Å²) in [6.07, 6.45) is 3.98. The van der Waals surface area contributed by atoms with E-state index in [0.29, 0.717) is 5.75 Å². The van der Waals surface area contributed by atoms with Gasteiger partial charge >= 0.3 is 0 Å². The summed E-state index contributed by atoms with van der Waals surface area (Å²) in [6.45, 7) is 3.83. The van der Waals surface area contributed by atoms with Gasteiger partial charge < -0.3 is 4.74 Å². The lowest BCUT2D eigenvalue weighted by molar-refractivity contribution is -0.132. The second-order valence-electron chi connectivity index (χ2n) is 5.63. The first-order valence-corrected chi connectivity index (χ1v) is 7.34. The lowest BCUT2D eigenvalue weighted by atomic mass is 10.1. The number of hydrogen-bond donors (Lipinski definition) is 2. The molecule has 1 aliphatic carbocycles. The standard InChI is InChI=1S/C16H22N2O3/c1-11-7-12(2)9-14(8-11)21-10-15(19)17-18-16(20)13-5-3-4-6-13/h7-9,13H,3-6,10H2,1-2H3,(H,17,19)(H,18,20). The van der Waals surface area contributed by atoms with E-state index < -0.39 is 0 Å². The molecular weight excluding hydrogens is 268 g/mol. The zero-order chi connectivity index (χ0) is 15.2. The summed E-state index contributed by atoms with van der Waals surface area (Å²) >= 11 is 0. The van der Waals surface area contributed by atoms with E-state index in [-0.39, 0.29) is 24.3 Å². The van der Waals surface area contributed by atoms with E-state index >= 15 is 0 Å². The fraction of sp³-hybridized carbons (Fsp3) is 0.500. The van der Waals surface area contributed by atoms with Gasteiger partial charge in [-0.3, -0.25) is 20.4 Å². The van der Waals surface area contributed by atoms with Gasteiger partial charge in [0.25, 0.3) is 5.91 Å². The maximum absolute atomic E-state index is 11.7. The SMILES string of the molecule is Cc1cc(C)cc(OCC(=O)NNC(=O)C2CCCC2)c1. The normalized spacial score (nSPS) is 14.8. The highest BCUT2D eigenvalue weighted by Gasteiger charge is 2.22. The molecule has 0 bridgehead atoms. The van der Waals surface area contributed by atoms with Crippen molar-refractivity contribution in [3.8, 4) is 5.75 Å². The maximum Gasteiger partial charge on any atom is 0.276 e. The number of ether oxygens (including phenoxy) is 1. The third-order valence-electron chi connectivity index (χ3n) is 3.62. The smallest absolute Gasteiger partial charge is 0.276 e. The molecule has 0 aromatic heterocycles. The Hall–Kier alpha value is -2.04. The molecule has 1 fully saturated rings. The van der Waals surface area contributed by atoms with Crippen LogP contribution in [0.1, 0.15) is 36.8 Å². The number of carbonyl (C=O) groups excluding carboxylic acids is 2. The highest BCUT2D eigenvalue weighted by atomic mass is 16.5. The number of hydrazine groups is 1. The number of aryl methyl sites for hydroxylation is 2. The second-order valence-corrected chi connectivity index (χ2v) is 5.63. The summed E-state index contributed by atoms with van der Waals surface area (Å²) in [7, 11) is 0. The summed E-state index contributed by atoms with van der Waals surface area (Å²) in [6, 6.07) is 5.78. The van der Waals surface area contributed by atoms with E-state index in [4.69, 9.17) is 4.74 Å². The zero-order valence-corrected chi connectivity index (χ0v) is 12.6. The lowest BCUT2D eigenvalue weighted by Crippen LogP contribution is -2.45. The molecule has 0 saturated heterocycles. The molecule has 114 valence electrons. The lowest BCUT2D eigenvalue weighted by Gasteiger charge is -2.12. The van der Waals surface area contributed by atoms with E-state index in [1.54, 1.807) is 0 Å². The molecule has 0 heterocycles. The molecule has 2 amide bonds. The van der Waals surface area contributed by atoms with Crippen molar-refractivity contribution in [2.75, 3.05) is 6.61 Å². The molecule has 1 aliphatic rings. The van der Waals surface area contributed by atoms with Crippen molar-refractivity contribution in [2.24, 2.45) is 5.92 Å². The molecule has 2 N–H and O–H groups in total. The molecule has 1 aromatic carbocycles. The van der Waals surface area contributed by atoms with Gasteiger partial charge in [-0.2, -0.15) is 0 Å². The summed E-state index contributed by atoms with van der Waals surface area (Å²) in [5, 5.41) is 0. The van der Waals surface area contributed by atoms with Gasteiger partial charge in [-0.1, -0.05) is 18.9 Å². The molecule has 0 radical (unpaired) electrons. The maximum atomic E-state index is 11.7. The van der Waals surface area contributed by atoms with Gasteiger partial charge in [0.15, 0.2) is 6.61 Å². The van der Waals surface area contributed by atoms with Gasteiger partial charge in [-0.25, -0.2) is 0 Å². The Kier molecular flexibility index (Phi) is 5.20. The van der Waals surface area contributed by atoms with Crippen LogP contribution in [0.15, 0.2) is 18.2 Å². The first kappa shape index (κ1) is 15.4. The second kappa shape index (κ2) is 7.11. The highest BCUT2D eigenvalue weighted by molar-refractivity contribution is 5.84. The van der Waals surface area contributed by atoms with E-state index in [0.717, 1.165) is 36.8 Å². The predicted octanol–water partition coefficient (Wildman–Crippen LogP) is 2.02. The number of nitrogens with one attached hydrogen (secondary N) is 2. The minimum Gasteiger partial charge on any atom is -0.484 e. The average molecular weight is 290 g/mol. The Balaban J connectivity index is 1.73. The Morgan fingerprint density at radius 1 is 1.10 bits per heavy atom. The molecule has 1 aromatic rings. The Labute approximate surface area is 125 Å². The Morgan fingerprint density at radius 3 is 2.33 bits per heavy atom. The minimum atomic E-state index is -0.361. The quantitative estimate of drug-likeness (QED) is 0.834. The average Bonchev–Trinajstić information content (AvgIpc) is 2.95. The van der Waals surface area contributed by atoms with Crippen molar-refractivity contribution in [3.63, 3.8) is 0 Å². The van der Waals surface area contributed by atoms with E-state index in [9.17, 15) is 9.59 Å². The fourth-order valence-electron chi connectivity index (χ4n) is 2.62. The molecule has 21 heavy (non-hydrogen) atoms. The van der Waals surface area contributed by atoms with Gasteiger partial charge in [0.2, 0.25) is 5.91 Å². The van der Waals surface area contributed by atoms with Crippen LogP contribution in [0.4, 0.5) is 0 Å². The summed E-state index contributed by atoms with van der Waals surface area (Å²) < 4.78 is 5.42. The topological polar surface area (TPSA) is 67.4 Å². The zero-order valence-electron chi connectivity index (χ0n) is 12.6. The Morgan fingerprint density at radius 2 is 1.71 bits per heavy atom. The molecule has 2 rings (SSSR count). The summed E-state index contributed by atoms with van der Waals surface area (Å²) in [5.41, 5.74) is 7.03. The number of rotatable bonds is 4. The van der Waals surface area contributed by atoms with Gasteiger partial charge in [0.1, 0.15) is 5.75 Å². The first-order valence-electron chi connectivity index (χ1n) is 7.34. The van der Waals surface area contributed by atoms with Crippen LogP contribution in [-0.2, 0) is 9.59 Å². The van der Waals surface area contributed by atoms with Gasteiger partial charge in [-0.15, -0.1) is 0 Å². The Bertz CT molecular complexity index is 502. The minimum absolute atomic E-state index is 0.0330. The van der Waals surface area contributed by atoms with E-state index in [2.05, 4.69) is 10.9 Å². The fourth-order valence-corrected chi connectivity index (χ4v) is 2.62. The molecule has 5 nitrogen and oxygen atoms in total. The van der Waals surface area contributed by atoms with Gasteiger partial charge in [0.05, 0.1) is 0 Å². The van der Waals surface area contributed by atoms with Crippen LogP contribution >= 0.6 is 0 Å². The third kappa shape index (κ3) is 4.77. The summed E-state index contributed by atoms with van der Waals surface area (Å²) in [4.78, 5) is 23.4. The highest BCUT2D eigenvalue weighted by Crippen LogP contribution is 2.24. The molecule has 0 unspecified atom stereocenters. The summed E-state index contributed by atoms with van der Waals surface area (Å²) in [5.74, 6) is 0.225. The first-order chi connectivity index (χ1) is 10.0. The van der Waals surface area contributed by atoms with Crippen LogP contribution in [0.2, 0.25) is 0 Å². The van der Waals surface area contributed by atoms with Crippen LogP contribution < -0.4 is 15.6 Å². The van der Waals surface area contributed by atoms with Crippen molar-refractivity contribution < 1.29 is 14.3 Å². The number of hydrogen-bond acceptors (Lipinski definition) is 3. The van der Waals surface area contributed by atoms with Gasteiger partial charge in [-0.05, 0) is 49.9 Å². The molecule has 0 spiro atoms. The van der Waals surface area contributed by atoms with Crippen LogP contribution in [0.3, 0.4) is 0 Å².